The minimum atomic E-state index is -0.418. The maximum absolute atomic E-state index is 12.0. The molecule has 0 spiro atoms. The second-order valence-corrected chi connectivity index (χ2v) is 5.22. The molecule has 1 aliphatic heterocycles. The van der Waals surface area contributed by atoms with E-state index in [-0.39, 0.29) is 5.91 Å². The highest BCUT2D eigenvalue weighted by molar-refractivity contribution is 6.05. The number of H-pyrrole nitrogens is 1. The molecule has 1 atom stereocenters. The van der Waals surface area contributed by atoms with E-state index >= 15 is 0 Å². The number of carbonyl (C=O) groups excluding carboxylic acids is 1. The Kier molecular flexibility index (Phi) is 3.43. The molecular weight excluding hydrogens is 266 g/mol. The Bertz CT molecular complexity index is 739. The molecule has 21 heavy (non-hydrogen) atoms. The van der Waals surface area contributed by atoms with Crippen LogP contribution in [0.15, 0.2) is 40.6 Å². The van der Waals surface area contributed by atoms with Crippen LogP contribution in [0.4, 0.5) is 0 Å². The molecule has 0 bridgehead atoms. The zero-order valence-corrected chi connectivity index (χ0v) is 12.0. The molecule has 1 aromatic carbocycles. The molecule has 3 N–H and O–H groups in total. The highest BCUT2D eigenvalue weighted by Crippen LogP contribution is 2.20. The maximum atomic E-state index is 12.0. The fourth-order valence-electron chi connectivity index (χ4n) is 2.32. The number of aromatic nitrogens is 1. The quantitative estimate of drug-likeness (QED) is 0.590. The Balaban J connectivity index is 1.78. The normalized spacial score (nSPS) is 17.5. The zero-order valence-electron chi connectivity index (χ0n) is 12.0. The van der Waals surface area contributed by atoms with E-state index in [1.165, 1.54) is 0 Å². The van der Waals surface area contributed by atoms with Crippen molar-refractivity contribution in [3.8, 4) is 0 Å². The van der Waals surface area contributed by atoms with Crippen LogP contribution in [0, 0.1) is 0 Å². The van der Waals surface area contributed by atoms with Gasteiger partial charge in [0, 0.05) is 29.2 Å². The number of fused-ring (bicyclic) bond motifs is 1. The zero-order chi connectivity index (χ0) is 14.8. The standard InChI is InChI=1S/C15H17N5O/c1-9(2)19-20-15-17-13(14(21)18-15)7-10-8-16-12-6-4-3-5-11(10)12/h3-6,8,13,16H,7H2,1-2H3,(H2,17,18,20,21). The van der Waals surface area contributed by atoms with E-state index in [2.05, 4.69) is 25.8 Å². The van der Waals surface area contributed by atoms with E-state index in [9.17, 15) is 4.79 Å². The first-order chi connectivity index (χ1) is 10.1. The molecule has 0 aliphatic carbocycles. The SMILES string of the molecule is CC(C)=NNC1=NC(Cc2c[nH]c3ccccc23)C(=O)N1. The number of para-hydroxylation sites is 1. The number of hydrazone groups is 1. The van der Waals surface area contributed by atoms with Gasteiger partial charge in [0.15, 0.2) is 0 Å². The predicted octanol–water partition coefficient (Wildman–Crippen LogP) is 1.55. The molecule has 6 nitrogen and oxygen atoms in total. The Morgan fingerprint density at radius 1 is 1.38 bits per heavy atom. The lowest BCUT2D eigenvalue weighted by Gasteiger charge is -2.02. The average molecular weight is 283 g/mol. The first kappa shape index (κ1) is 13.4. The number of nitrogens with one attached hydrogen (secondary N) is 3. The van der Waals surface area contributed by atoms with Gasteiger partial charge in [0.1, 0.15) is 6.04 Å². The molecule has 108 valence electrons. The van der Waals surface area contributed by atoms with Crippen molar-refractivity contribution in [2.45, 2.75) is 26.3 Å². The number of carbonyl (C=O) groups is 1. The number of amides is 1. The number of guanidine groups is 1. The van der Waals surface area contributed by atoms with Gasteiger partial charge in [-0.05, 0) is 25.5 Å². The van der Waals surface area contributed by atoms with Gasteiger partial charge < -0.3 is 4.98 Å². The summed E-state index contributed by atoms with van der Waals surface area (Å²) in [4.78, 5) is 19.5. The summed E-state index contributed by atoms with van der Waals surface area (Å²) in [6.45, 7) is 3.74. The monoisotopic (exact) mass is 283 g/mol. The summed E-state index contributed by atoms with van der Waals surface area (Å²) in [5, 5.41) is 7.87. The highest BCUT2D eigenvalue weighted by Gasteiger charge is 2.27. The number of benzene rings is 1. The van der Waals surface area contributed by atoms with E-state index in [4.69, 9.17) is 0 Å². The smallest absolute Gasteiger partial charge is 0.251 e. The molecule has 1 aromatic heterocycles. The van der Waals surface area contributed by atoms with E-state index < -0.39 is 6.04 Å². The lowest BCUT2D eigenvalue weighted by Crippen LogP contribution is -2.35. The van der Waals surface area contributed by atoms with Crippen LogP contribution in [-0.2, 0) is 11.2 Å². The first-order valence-electron chi connectivity index (χ1n) is 6.84. The van der Waals surface area contributed by atoms with E-state index in [1.807, 2.05) is 44.3 Å². The molecule has 0 radical (unpaired) electrons. The van der Waals surface area contributed by atoms with Crippen LogP contribution in [0.25, 0.3) is 10.9 Å². The van der Waals surface area contributed by atoms with Crippen molar-refractivity contribution in [3.63, 3.8) is 0 Å². The summed E-state index contributed by atoms with van der Waals surface area (Å²) >= 11 is 0. The van der Waals surface area contributed by atoms with Gasteiger partial charge >= 0.3 is 0 Å². The summed E-state index contributed by atoms with van der Waals surface area (Å²) in [5.74, 6) is 0.303. The minimum Gasteiger partial charge on any atom is -0.361 e. The minimum absolute atomic E-state index is 0.105. The summed E-state index contributed by atoms with van der Waals surface area (Å²) in [6.07, 6.45) is 2.50. The fourth-order valence-corrected chi connectivity index (χ4v) is 2.32. The van der Waals surface area contributed by atoms with E-state index in [0.29, 0.717) is 12.4 Å². The Labute approximate surface area is 122 Å². The first-order valence-corrected chi connectivity index (χ1v) is 6.84. The van der Waals surface area contributed by atoms with Gasteiger partial charge in [0.05, 0.1) is 0 Å². The molecular formula is C15H17N5O. The molecule has 1 aliphatic rings. The van der Waals surface area contributed by atoms with Crippen LogP contribution in [0.2, 0.25) is 0 Å². The van der Waals surface area contributed by atoms with Crippen molar-refractivity contribution in [2.24, 2.45) is 10.1 Å². The van der Waals surface area contributed by atoms with Crippen LogP contribution < -0.4 is 10.7 Å². The lowest BCUT2D eigenvalue weighted by atomic mass is 10.1. The van der Waals surface area contributed by atoms with Gasteiger partial charge in [-0.25, -0.2) is 10.4 Å². The van der Waals surface area contributed by atoms with Gasteiger partial charge in [-0.2, -0.15) is 5.10 Å². The number of aliphatic imine (C=N–C) groups is 1. The second kappa shape index (κ2) is 5.40. The predicted molar refractivity (Wildman–Crippen MR) is 83.3 cm³/mol. The van der Waals surface area contributed by atoms with Crippen molar-refractivity contribution in [3.05, 3.63) is 36.0 Å². The molecule has 3 rings (SSSR count). The van der Waals surface area contributed by atoms with Crippen molar-refractivity contribution in [1.82, 2.24) is 15.7 Å². The molecule has 0 fully saturated rings. The Hall–Kier alpha value is -2.63. The van der Waals surface area contributed by atoms with Gasteiger partial charge in [-0.15, -0.1) is 0 Å². The third kappa shape index (κ3) is 2.79. The molecule has 0 saturated carbocycles. The van der Waals surface area contributed by atoms with Crippen molar-refractivity contribution in [1.29, 1.82) is 0 Å². The summed E-state index contributed by atoms with van der Waals surface area (Å²) < 4.78 is 0. The van der Waals surface area contributed by atoms with Gasteiger partial charge in [-0.3, -0.25) is 10.1 Å². The molecule has 1 amide bonds. The number of nitrogens with zero attached hydrogens (tertiary/aromatic N) is 2. The maximum Gasteiger partial charge on any atom is 0.251 e. The number of hydrogen-bond acceptors (Lipinski definition) is 4. The van der Waals surface area contributed by atoms with Gasteiger partial charge in [0.25, 0.3) is 5.91 Å². The van der Waals surface area contributed by atoms with Gasteiger partial charge in [0.2, 0.25) is 5.96 Å². The molecule has 1 unspecified atom stereocenters. The largest absolute Gasteiger partial charge is 0.361 e. The van der Waals surface area contributed by atoms with Crippen LogP contribution >= 0.6 is 0 Å². The second-order valence-electron chi connectivity index (χ2n) is 5.22. The highest BCUT2D eigenvalue weighted by atomic mass is 16.2. The van der Waals surface area contributed by atoms with Crippen LogP contribution in [0.1, 0.15) is 19.4 Å². The lowest BCUT2D eigenvalue weighted by molar-refractivity contribution is -0.120. The summed E-state index contributed by atoms with van der Waals surface area (Å²) in [7, 11) is 0. The van der Waals surface area contributed by atoms with Crippen LogP contribution in [-0.4, -0.2) is 28.6 Å². The summed E-state index contributed by atoms with van der Waals surface area (Å²) in [6, 6.07) is 7.61. The summed E-state index contributed by atoms with van der Waals surface area (Å²) in [5.41, 5.74) is 5.78. The van der Waals surface area contributed by atoms with E-state index in [1.54, 1.807) is 0 Å². The number of rotatable bonds is 3. The Morgan fingerprint density at radius 3 is 3.00 bits per heavy atom. The van der Waals surface area contributed by atoms with Gasteiger partial charge in [-0.1, -0.05) is 18.2 Å². The number of hydrogen-bond donors (Lipinski definition) is 3. The molecule has 2 aromatic rings. The third-order valence-corrected chi connectivity index (χ3v) is 3.30. The van der Waals surface area contributed by atoms with E-state index in [0.717, 1.165) is 22.2 Å². The molecule has 2 heterocycles. The topological polar surface area (TPSA) is 81.6 Å². The average Bonchev–Trinajstić information content (AvgIpc) is 3.02. The third-order valence-electron chi connectivity index (χ3n) is 3.30. The Morgan fingerprint density at radius 2 is 2.19 bits per heavy atom. The molecule has 0 saturated heterocycles. The molecule has 6 heteroatoms. The van der Waals surface area contributed by atoms with Crippen molar-refractivity contribution >= 4 is 28.5 Å². The van der Waals surface area contributed by atoms with Crippen molar-refractivity contribution in [2.75, 3.05) is 0 Å². The van der Waals surface area contributed by atoms with Crippen LogP contribution in [0.5, 0.6) is 0 Å². The van der Waals surface area contributed by atoms with Crippen molar-refractivity contribution < 1.29 is 4.79 Å². The van der Waals surface area contributed by atoms with Crippen LogP contribution in [0.3, 0.4) is 0 Å². The number of aromatic amines is 1. The fraction of sp³-hybridized carbons (Fsp3) is 0.267.